The minimum Gasteiger partial charge on any atom is -0.480 e. The average molecular weight is 244 g/mol. The molecule has 2 atom stereocenters. The molecule has 0 aromatic rings. The van der Waals surface area contributed by atoms with Crippen molar-refractivity contribution >= 4 is 11.9 Å². The van der Waals surface area contributed by atoms with Crippen molar-refractivity contribution in [3.63, 3.8) is 0 Å². The normalized spacial score (nSPS) is 29.8. The molecule has 1 fully saturated rings. The first kappa shape index (κ1) is 13.9. The van der Waals surface area contributed by atoms with Crippen molar-refractivity contribution in [2.45, 2.75) is 50.8 Å². The number of carbonyl (C=O) groups is 2. The van der Waals surface area contributed by atoms with Crippen LogP contribution in [0, 0.1) is 0 Å². The van der Waals surface area contributed by atoms with Crippen LogP contribution in [0.2, 0.25) is 0 Å². The first-order valence-corrected chi connectivity index (χ1v) is 5.65. The summed E-state index contributed by atoms with van der Waals surface area (Å²) < 4.78 is 5.19. The maximum atomic E-state index is 12.0. The quantitative estimate of drug-likeness (QED) is 0.584. The molecule has 0 aliphatic carbocycles. The first-order valence-electron chi connectivity index (χ1n) is 5.65. The Balaban J connectivity index is 2.89. The minimum atomic E-state index is -1.49. The number of piperidine rings is 1. The number of nitrogens with two attached hydrogens (primary N) is 1. The topological polar surface area (TPSA) is 102 Å². The number of nitrogens with one attached hydrogen (secondary N) is 1. The maximum absolute atomic E-state index is 12.0. The van der Waals surface area contributed by atoms with Crippen molar-refractivity contribution in [3.05, 3.63) is 0 Å². The second-order valence-electron chi connectivity index (χ2n) is 5.37. The number of rotatable bonds is 2. The average Bonchev–Trinajstić information content (AvgIpc) is 2.15. The Bertz CT molecular complexity index is 324. The molecular weight excluding hydrogens is 224 g/mol. The zero-order chi connectivity index (χ0) is 13.3. The zero-order valence-corrected chi connectivity index (χ0v) is 10.4. The molecule has 98 valence electrons. The third-order valence-corrected chi connectivity index (χ3v) is 2.66. The van der Waals surface area contributed by atoms with Crippen LogP contribution in [0.5, 0.6) is 0 Å². The molecule has 1 heterocycles. The van der Waals surface area contributed by atoms with Gasteiger partial charge in [-0.25, -0.2) is 4.79 Å². The van der Waals surface area contributed by atoms with E-state index in [1.54, 1.807) is 20.8 Å². The van der Waals surface area contributed by atoms with Gasteiger partial charge in [-0.2, -0.15) is 0 Å². The lowest BCUT2D eigenvalue weighted by Crippen LogP contribution is -2.68. The van der Waals surface area contributed by atoms with E-state index in [0.717, 1.165) is 0 Å². The van der Waals surface area contributed by atoms with Gasteiger partial charge in [-0.3, -0.25) is 4.79 Å². The molecule has 1 saturated heterocycles. The molecule has 0 aromatic carbocycles. The molecule has 6 heteroatoms. The van der Waals surface area contributed by atoms with Crippen LogP contribution >= 0.6 is 0 Å². The molecule has 0 bridgehead atoms. The standard InChI is InChI=1S/C11H20N2O4/c1-10(2,3)17-9(16)11(12)5-4-6-13-7(11)8(14)15/h7,13H,4-6,12H2,1-3H3,(H,14,15). The largest absolute Gasteiger partial charge is 0.480 e. The SMILES string of the molecule is CC(C)(C)OC(=O)C1(N)CCCNC1C(=O)O. The second kappa shape index (κ2) is 4.62. The molecule has 0 amide bonds. The summed E-state index contributed by atoms with van der Waals surface area (Å²) in [6, 6.07) is -1.09. The predicted octanol–water partition coefficient (Wildman–Crippen LogP) is -0.138. The van der Waals surface area contributed by atoms with Crippen molar-refractivity contribution in [2.75, 3.05) is 6.54 Å². The third-order valence-electron chi connectivity index (χ3n) is 2.66. The smallest absolute Gasteiger partial charge is 0.328 e. The van der Waals surface area contributed by atoms with E-state index in [9.17, 15) is 9.59 Å². The Hall–Kier alpha value is -1.14. The lowest BCUT2D eigenvalue weighted by Gasteiger charge is -2.38. The molecule has 2 unspecified atom stereocenters. The summed E-state index contributed by atoms with van der Waals surface area (Å²) in [7, 11) is 0. The van der Waals surface area contributed by atoms with E-state index < -0.39 is 29.1 Å². The molecule has 1 rings (SSSR count). The molecule has 0 saturated carbocycles. The van der Waals surface area contributed by atoms with Crippen molar-refractivity contribution in [3.8, 4) is 0 Å². The van der Waals surface area contributed by atoms with E-state index in [2.05, 4.69) is 5.32 Å². The number of hydrogen-bond donors (Lipinski definition) is 3. The van der Waals surface area contributed by atoms with E-state index >= 15 is 0 Å². The van der Waals surface area contributed by atoms with Gasteiger partial charge < -0.3 is 20.9 Å². The number of ether oxygens (including phenoxy) is 1. The van der Waals surface area contributed by atoms with Crippen LogP contribution in [-0.4, -0.2) is 40.8 Å². The van der Waals surface area contributed by atoms with Gasteiger partial charge in [-0.1, -0.05) is 0 Å². The van der Waals surface area contributed by atoms with E-state index in [0.29, 0.717) is 19.4 Å². The number of carbonyl (C=O) groups excluding carboxylic acids is 1. The predicted molar refractivity (Wildman–Crippen MR) is 61.4 cm³/mol. The number of esters is 1. The monoisotopic (exact) mass is 244 g/mol. The fraction of sp³-hybridized carbons (Fsp3) is 0.818. The molecule has 0 aromatic heterocycles. The number of aliphatic carboxylic acids is 1. The molecule has 1 aliphatic heterocycles. The van der Waals surface area contributed by atoms with E-state index in [1.165, 1.54) is 0 Å². The lowest BCUT2D eigenvalue weighted by molar-refractivity contribution is -0.168. The van der Waals surface area contributed by atoms with Gasteiger partial charge in [-0.15, -0.1) is 0 Å². The number of hydrogen-bond acceptors (Lipinski definition) is 5. The summed E-state index contributed by atoms with van der Waals surface area (Å²) in [5, 5.41) is 11.8. The summed E-state index contributed by atoms with van der Waals surface area (Å²) in [5.41, 5.74) is 3.77. The molecule has 0 spiro atoms. The van der Waals surface area contributed by atoms with Gasteiger partial charge in [0.15, 0.2) is 0 Å². The van der Waals surface area contributed by atoms with E-state index in [-0.39, 0.29) is 0 Å². The Morgan fingerprint density at radius 1 is 1.47 bits per heavy atom. The van der Waals surface area contributed by atoms with Gasteiger partial charge >= 0.3 is 11.9 Å². The number of carboxylic acid groups (broad SMARTS) is 1. The van der Waals surface area contributed by atoms with Crippen LogP contribution in [0.4, 0.5) is 0 Å². The highest BCUT2D eigenvalue weighted by atomic mass is 16.6. The van der Waals surface area contributed by atoms with Gasteiger partial charge in [0, 0.05) is 0 Å². The Labute approximate surface area is 101 Å². The molecule has 6 nitrogen and oxygen atoms in total. The van der Waals surface area contributed by atoms with E-state index in [4.69, 9.17) is 15.6 Å². The van der Waals surface area contributed by atoms with Gasteiger partial charge in [0.05, 0.1) is 0 Å². The molecule has 4 N–H and O–H groups in total. The summed E-state index contributed by atoms with van der Waals surface area (Å²) in [6.45, 7) is 5.71. The molecule has 0 radical (unpaired) electrons. The van der Waals surface area contributed by atoms with Gasteiger partial charge in [0.25, 0.3) is 0 Å². The summed E-state index contributed by atoms with van der Waals surface area (Å²) in [6.07, 6.45) is 0.964. The van der Waals surface area contributed by atoms with Crippen LogP contribution in [0.25, 0.3) is 0 Å². The summed E-state index contributed by atoms with van der Waals surface area (Å²) in [5.74, 6) is -1.79. The highest BCUT2D eigenvalue weighted by Crippen LogP contribution is 2.23. The maximum Gasteiger partial charge on any atom is 0.328 e. The molecular formula is C11H20N2O4. The van der Waals surface area contributed by atoms with Crippen LogP contribution in [0.1, 0.15) is 33.6 Å². The van der Waals surface area contributed by atoms with Crippen LogP contribution < -0.4 is 11.1 Å². The minimum absolute atomic E-state index is 0.311. The van der Waals surface area contributed by atoms with Crippen LogP contribution in [-0.2, 0) is 14.3 Å². The number of carboxylic acids is 1. The third kappa shape index (κ3) is 3.17. The fourth-order valence-corrected chi connectivity index (χ4v) is 1.85. The highest BCUT2D eigenvalue weighted by molar-refractivity contribution is 5.90. The Morgan fingerprint density at radius 2 is 2.06 bits per heavy atom. The van der Waals surface area contributed by atoms with Crippen LogP contribution in [0.15, 0.2) is 0 Å². The Kier molecular flexibility index (Phi) is 3.78. The van der Waals surface area contributed by atoms with Gasteiger partial charge in [0.1, 0.15) is 17.2 Å². The Morgan fingerprint density at radius 3 is 2.53 bits per heavy atom. The van der Waals surface area contributed by atoms with Crippen LogP contribution in [0.3, 0.4) is 0 Å². The van der Waals surface area contributed by atoms with Gasteiger partial charge in [-0.05, 0) is 40.2 Å². The van der Waals surface area contributed by atoms with E-state index in [1.807, 2.05) is 0 Å². The van der Waals surface area contributed by atoms with Crippen molar-refractivity contribution in [1.29, 1.82) is 0 Å². The van der Waals surface area contributed by atoms with Crippen molar-refractivity contribution < 1.29 is 19.4 Å². The summed E-state index contributed by atoms with van der Waals surface area (Å²) >= 11 is 0. The highest BCUT2D eigenvalue weighted by Gasteiger charge is 2.49. The lowest BCUT2D eigenvalue weighted by atomic mass is 9.83. The first-order chi connectivity index (χ1) is 7.67. The second-order valence-corrected chi connectivity index (χ2v) is 5.37. The zero-order valence-electron chi connectivity index (χ0n) is 10.4. The van der Waals surface area contributed by atoms with Crippen molar-refractivity contribution in [2.24, 2.45) is 5.73 Å². The fourth-order valence-electron chi connectivity index (χ4n) is 1.85. The molecule has 1 aliphatic rings. The molecule has 17 heavy (non-hydrogen) atoms. The summed E-state index contributed by atoms with van der Waals surface area (Å²) in [4.78, 5) is 23.1. The van der Waals surface area contributed by atoms with Crippen molar-refractivity contribution in [1.82, 2.24) is 5.32 Å². The van der Waals surface area contributed by atoms with Gasteiger partial charge in [0.2, 0.25) is 0 Å².